The van der Waals surface area contributed by atoms with Crippen molar-refractivity contribution in [3.63, 3.8) is 0 Å². The van der Waals surface area contributed by atoms with E-state index in [1.165, 1.54) is 12.1 Å². The largest absolute Gasteiger partial charge is 0.573 e. The molecule has 0 aliphatic heterocycles. The predicted molar refractivity (Wildman–Crippen MR) is 120 cm³/mol. The predicted octanol–water partition coefficient (Wildman–Crippen LogP) is 4.47. The van der Waals surface area contributed by atoms with Gasteiger partial charge >= 0.3 is 12.4 Å². The number of fused-ring (bicyclic) bond motifs is 1. The average Bonchev–Trinajstić information content (AvgIpc) is 3.15. The molecule has 3 amide bonds. The maximum Gasteiger partial charge on any atom is 0.573 e. The minimum atomic E-state index is -4.80. The van der Waals surface area contributed by atoms with Crippen molar-refractivity contribution in [2.75, 3.05) is 5.32 Å². The Kier molecular flexibility index (Phi) is 6.48. The van der Waals surface area contributed by atoms with Gasteiger partial charge in [0.15, 0.2) is 0 Å². The minimum Gasteiger partial charge on any atom is -0.406 e. The lowest BCUT2D eigenvalue weighted by atomic mass is 10.1. The molecule has 0 aromatic heterocycles. The number of hydrogen-bond acceptors (Lipinski definition) is 4. The lowest BCUT2D eigenvalue weighted by Gasteiger charge is -2.14. The number of amides is 3. The lowest BCUT2D eigenvalue weighted by molar-refractivity contribution is -0.274. The topological polar surface area (TPSA) is 91.8 Å². The molecule has 1 aliphatic carbocycles. The smallest absolute Gasteiger partial charge is 0.406 e. The number of carbonyl (C=O) groups excluding carboxylic acids is 2. The van der Waals surface area contributed by atoms with Crippen molar-refractivity contribution < 1.29 is 27.5 Å². The Bertz CT molecular complexity index is 1210. The number of hydrogen-bond donors (Lipinski definition) is 3. The van der Waals surface area contributed by atoms with Crippen molar-refractivity contribution in [3.05, 3.63) is 95.6 Å². The molecule has 0 fully saturated rings. The van der Waals surface area contributed by atoms with Crippen LogP contribution in [0, 0.1) is 0 Å². The van der Waals surface area contributed by atoms with Gasteiger partial charge in [-0.1, -0.05) is 42.5 Å². The summed E-state index contributed by atoms with van der Waals surface area (Å²) in [4.78, 5) is 25.0. The molecule has 7 nitrogen and oxygen atoms in total. The van der Waals surface area contributed by atoms with Crippen LogP contribution in [0.5, 0.6) is 5.75 Å². The van der Waals surface area contributed by atoms with Gasteiger partial charge in [-0.2, -0.15) is 5.10 Å². The van der Waals surface area contributed by atoms with Gasteiger partial charge in [-0.25, -0.2) is 10.2 Å². The molecule has 3 aromatic carbocycles. The molecule has 1 aliphatic rings. The Morgan fingerprint density at radius 3 is 2.29 bits per heavy atom. The number of urea groups is 1. The highest BCUT2D eigenvalue weighted by molar-refractivity contribution is 6.11. The molecule has 0 radical (unpaired) electrons. The molecule has 34 heavy (non-hydrogen) atoms. The third-order valence-electron chi connectivity index (χ3n) is 5.01. The van der Waals surface area contributed by atoms with Crippen LogP contribution in [0.15, 0.2) is 84.0 Å². The monoisotopic (exact) mass is 468 g/mol. The van der Waals surface area contributed by atoms with Crippen LogP contribution in [-0.4, -0.2) is 30.1 Å². The number of anilines is 1. The number of halogens is 3. The van der Waals surface area contributed by atoms with Gasteiger partial charge in [0.2, 0.25) is 0 Å². The number of benzene rings is 3. The van der Waals surface area contributed by atoms with Crippen molar-refractivity contribution in [2.24, 2.45) is 5.10 Å². The zero-order chi connectivity index (χ0) is 24.1. The molecule has 1 unspecified atom stereocenters. The van der Waals surface area contributed by atoms with Crippen LogP contribution in [0.2, 0.25) is 0 Å². The van der Waals surface area contributed by atoms with E-state index in [0.717, 1.165) is 23.3 Å². The van der Waals surface area contributed by atoms with Crippen LogP contribution in [0.4, 0.5) is 23.7 Å². The van der Waals surface area contributed by atoms with Gasteiger partial charge in [-0.05, 0) is 48.4 Å². The van der Waals surface area contributed by atoms with Crippen LogP contribution < -0.4 is 20.8 Å². The minimum absolute atomic E-state index is 0.243. The Morgan fingerprint density at radius 1 is 0.912 bits per heavy atom. The molecule has 4 rings (SSSR count). The maximum atomic E-state index is 12.6. The fourth-order valence-electron chi connectivity index (χ4n) is 3.55. The highest BCUT2D eigenvalue weighted by atomic mass is 19.4. The molecule has 3 aromatic rings. The van der Waals surface area contributed by atoms with Crippen LogP contribution in [0.3, 0.4) is 0 Å². The van der Waals surface area contributed by atoms with Gasteiger partial charge in [0.1, 0.15) is 5.75 Å². The Balaban J connectivity index is 1.44. The second-order valence-corrected chi connectivity index (χ2v) is 7.39. The molecule has 0 heterocycles. The quantitative estimate of drug-likeness (QED) is 0.483. The van der Waals surface area contributed by atoms with Gasteiger partial charge in [-0.15, -0.1) is 13.2 Å². The molecule has 10 heteroatoms. The first-order chi connectivity index (χ1) is 16.3. The van der Waals surface area contributed by atoms with E-state index in [1.807, 2.05) is 30.3 Å². The number of ether oxygens (including phenoxy) is 1. The number of rotatable bonds is 5. The summed E-state index contributed by atoms with van der Waals surface area (Å²) in [5.41, 5.74) is 5.39. The Hall–Kier alpha value is -4.34. The van der Waals surface area contributed by atoms with E-state index in [1.54, 1.807) is 24.3 Å². The number of hydrazone groups is 1. The molecule has 3 N–H and O–H groups in total. The summed E-state index contributed by atoms with van der Waals surface area (Å²) in [6.07, 6.45) is -4.29. The summed E-state index contributed by atoms with van der Waals surface area (Å²) in [7, 11) is 0. The lowest BCUT2D eigenvalue weighted by Crippen LogP contribution is -2.40. The molecular formula is C24H19F3N4O3. The first kappa shape index (κ1) is 22.8. The highest BCUT2D eigenvalue weighted by Crippen LogP contribution is 2.25. The van der Waals surface area contributed by atoms with Gasteiger partial charge < -0.3 is 15.4 Å². The van der Waals surface area contributed by atoms with Crippen LogP contribution in [-0.2, 0) is 6.42 Å². The summed E-state index contributed by atoms with van der Waals surface area (Å²) in [5.74, 6) is -0.671. The van der Waals surface area contributed by atoms with Gasteiger partial charge in [0, 0.05) is 16.8 Å². The maximum absolute atomic E-state index is 12.6. The first-order valence-corrected chi connectivity index (χ1v) is 10.2. The number of alkyl halides is 3. The molecule has 0 saturated carbocycles. The van der Waals surface area contributed by atoms with E-state index < -0.39 is 24.2 Å². The van der Waals surface area contributed by atoms with Gasteiger partial charge in [0.05, 0.1) is 11.8 Å². The number of carbonyl (C=O) groups is 2. The van der Waals surface area contributed by atoms with Crippen LogP contribution >= 0.6 is 0 Å². The summed E-state index contributed by atoms with van der Waals surface area (Å²) in [6.45, 7) is 0. The SMILES string of the molecule is O=C(N/N=C1\c2ccccc2CC1NC(=O)c1ccccc1)Nc1ccc(OC(F)(F)F)cc1. The third kappa shape index (κ3) is 5.71. The highest BCUT2D eigenvalue weighted by Gasteiger charge is 2.31. The van der Waals surface area contributed by atoms with E-state index in [-0.39, 0.29) is 11.6 Å². The molecule has 0 saturated heterocycles. The fraction of sp³-hybridized carbons (Fsp3) is 0.125. The zero-order valence-corrected chi connectivity index (χ0v) is 17.6. The van der Waals surface area contributed by atoms with Crippen molar-refractivity contribution in [2.45, 2.75) is 18.8 Å². The van der Waals surface area contributed by atoms with E-state index in [9.17, 15) is 22.8 Å². The number of nitrogens with one attached hydrogen (secondary N) is 3. The van der Waals surface area contributed by atoms with Crippen LogP contribution in [0.1, 0.15) is 21.5 Å². The summed E-state index contributed by atoms with van der Waals surface area (Å²) < 4.78 is 40.6. The summed E-state index contributed by atoms with van der Waals surface area (Å²) in [6, 6.07) is 19.8. The summed E-state index contributed by atoms with van der Waals surface area (Å²) in [5, 5.41) is 9.64. The second-order valence-electron chi connectivity index (χ2n) is 7.39. The number of nitrogens with zero attached hydrogens (tertiary/aromatic N) is 1. The molecule has 0 spiro atoms. The van der Waals surface area contributed by atoms with E-state index in [0.29, 0.717) is 17.7 Å². The summed E-state index contributed by atoms with van der Waals surface area (Å²) >= 11 is 0. The third-order valence-corrected chi connectivity index (χ3v) is 5.01. The van der Waals surface area contributed by atoms with E-state index in [4.69, 9.17) is 0 Å². The van der Waals surface area contributed by atoms with Crippen molar-refractivity contribution in [1.82, 2.24) is 10.7 Å². The standard InChI is InChI=1S/C24H19F3N4O3/c25-24(26,27)34-18-12-10-17(11-13-18)28-23(33)31-30-21-19-9-5-4-8-16(19)14-20(21)29-22(32)15-6-2-1-3-7-15/h1-13,20H,14H2,(H,29,32)(H2,28,31,33)/b30-21+. The van der Waals surface area contributed by atoms with Crippen molar-refractivity contribution in [3.8, 4) is 5.75 Å². The molecule has 1 atom stereocenters. The second kappa shape index (κ2) is 9.65. The van der Waals surface area contributed by atoms with Gasteiger partial charge in [-0.3, -0.25) is 4.79 Å². The van der Waals surface area contributed by atoms with Crippen molar-refractivity contribution in [1.29, 1.82) is 0 Å². The Labute approximate surface area is 192 Å². The first-order valence-electron chi connectivity index (χ1n) is 10.2. The molecular weight excluding hydrogens is 449 g/mol. The van der Waals surface area contributed by atoms with E-state index in [2.05, 4.69) is 25.9 Å². The zero-order valence-electron chi connectivity index (χ0n) is 17.6. The van der Waals surface area contributed by atoms with Crippen LogP contribution in [0.25, 0.3) is 0 Å². The van der Waals surface area contributed by atoms with Crippen molar-refractivity contribution >= 4 is 23.3 Å². The Morgan fingerprint density at radius 2 is 1.59 bits per heavy atom. The van der Waals surface area contributed by atoms with Gasteiger partial charge in [0.25, 0.3) is 5.91 Å². The normalized spacial score (nSPS) is 16.0. The van der Waals surface area contributed by atoms with E-state index >= 15 is 0 Å². The molecule has 0 bridgehead atoms. The average molecular weight is 468 g/mol. The molecule has 174 valence electrons. The fourth-order valence-corrected chi connectivity index (χ4v) is 3.55.